The van der Waals surface area contributed by atoms with Crippen LogP contribution in [-0.4, -0.2) is 26.2 Å². The quantitative estimate of drug-likeness (QED) is 0.748. The number of nitrogens with two attached hydrogens (primary N) is 1. The highest BCUT2D eigenvalue weighted by Gasteiger charge is 2.16. The van der Waals surface area contributed by atoms with Crippen molar-refractivity contribution < 1.29 is 9.53 Å². The average Bonchev–Trinajstić information content (AvgIpc) is 2.85. The van der Waals surface area contributed by atoms with Crippen molar-refractivity contribution in [3.63, 3.8) is 0 Å². The van der Waals surface area contributed by atoms with Crippen LogP contribution in [0.5, 0.6) is 5.75 Å². The van der Waals surface area contributed by atoms with Crippen molar-refractivity contribution >= 4 is 22.9 Å². The lowest BCUT2D eigenvalue weighted by Gasteiger charge is -2.19. The van der Waals surface area contributed by atoms with E-state index in [9.17, 15) is 4.79 Å². The molecule has 0 unspecified atom stereocenters. The Morgan fingerprint density at radius 2 is 1.88 bits per heavy atom. The molecule has 0 saturated carbocycles. The molecule has 0 bridgehead atoms. The number of nitrogens with one attached hydrogen (secondary N) is 1. The predicted molar refractivity (Wildman–Crippen MR) is 97.3 cm³/mol. The minimum Gasteiger partial charge on any atom is -0.410 e. The summed E-state index contributed by atoms with van der Waals surface area (Å²) in [4.78, 5) is 20.2. The van der Waals surface area contributed by atoms with Gasteiger partial charge in [-0.25, -0.2) is 14.8 Å². The molecule has 0 spiro atoms. The largest absolute Gasteiger partial charge is 0.413 e. The summed E-state index contributed by atoms with van der Waals surface area (Å²) in [6.07, 6.45) is 2.92. The van der Waals surface area contributed by atoms with E-state index in [0.29, 0.717) is 11.6 Å². The van der Waals surface area contributed by atoms with Crippen molar-refractivity contribution in [2.75, 3.05) is 5.73 Å². The summed E-state index contributed by atoms with van der Waals surface area (Å²) in [7, 11) is 1.91. The Hall–Kier alpha value is -3.09. The van der Waals surface area contributed by atoms with Crippen molar-refractivity contribution in [3.05, 3.63) is 36.8 Å². The Kier molecular flexibility index (Phi) is 4.08. The molecule has 2 heterocycles. The van der Waals surface area contributed by atoms with Crippen molar-refractivity contribution in [2.45, 2.75) is 26.3 Å². The lowest BCUT2D eigenvalue weighted by molar-refractivity contribution is 0.190. The van der Waals surface area contributed by atoms with Crippen molar-refractivity contribution in [3.8, 4) is 16.9 Å². The number of amides is 1. The Labute approximate surface area is 145 Å². The monoisotopic (exact) mass is 339 g/mol. The van der Waals surface area contributed by atoms with Crippen LogP contribution in [0.4, 0.5) is 10.6 Å². The molecule has 7 heteroatoms. The smallest absolute Gasteiger partial charge is 0.410 e. The van der Waals surface area contributed by atoms with E-state index in [1.54, 1.807) is 12.1 Å². The molecule has 0 radical (unpaired) electrons. The number of carbonyl (C=O) groups is 1. The first kappa shape index (κ1) is 16.8. The van der Waals surface area contributed by atoms with E-state index < -0.39 is 6.09 Å². The molecule has 0 aliphatic heterocycles. The number of nitrogen functional groups attached to an aromatic ring is 1. The third-order valence-corrected chi connectivity index (χ3v) is 3.64. The van der Waals surface area contributed by atoms with Gasteiger partial charge >= 0.3 is 6.09 Å². The number of hydrogen-bond donors (Lipinski definition) is 2. The zero-order chi connectivity index (χ0) is 18.2. The summed E-state index contributed by atoms with van der Waals surface area (Å²) >= 11 is 0. The zero-order valence-corrected chi connectivity index (χ0v) is 14.7. The number of rotatable bonds is 2. The highest BCUT2D eigenvalue weighted by molar-refractivity contribution is 6.00. The maximum atomic E-state index is 11.8. The van der Waals surface area contributed by atoms with Crippen LogP contribution < -0.4 is 15.8 Å². The molecule has 3 N–H and O–H groups in total. The van der Waals surface area contributed by atoms with Crippen molar-refractivity contribution in [1.82, 2.24) is 19.9 Å². The summed E-state index contributed by atoms with van der Waals surface area (Å²) in [5, 5.41) is 3.56. The van der Waals surface area contributed by atoms with Crippen molar-refractivity contribution in [1.29, 1.82) is 0 Å². The van der Waals surface area contributed by atoms with Gasteiger partial charge in [-0.1, -0.05) is 12.1 Å². The molecular weight excluding hydrogens is 318 g/mol. The minimum atomic E-state index is -0.483. The molecule has 25 heavy (non-hydrogen) atoms. The van der Waals surface area contributed by atoms with Gasteiger partial charge in [0.05, 0.1) is 5.39 Å². The minimum absolute atomic E-state index is 0.350. The second-order valence-corrected chi connectivity index (χ2v) is 6.90. The van der Waals surface area contributed by atoms with Crippen LogP contribution in [0.15, 0.2) is 36.8 Å². The molecule has 0 saturated heterocycles. The Balaban J connectivity index is 1.88. The van der Waals surface area contributed by atoms with Gasteiger partial charge in [0.2, 0.25) is 0 Å². The fourth-order valence-corrected chi connectivity index (χ4v) is 2.59. The normalized spacial score (nSPS) is 11.5. The number of benzene rings is 1. The van der Waals surface area contributed by atoms with E-state index in [0.717, 1.165) is 22.2 Å². The first-order valence-corrected chi connectivity index (χ1v) is 7.90. The average molecular weight is 339 g/mol. The van der Waals surface area contributed by atoms with Crippen LogP contribution in [-0.2, 0) is 7.05 Å². The number of aryl methyl sites for hydroxylation is 1. The molecule has 7 nitrogen and oxygen atoms in total. The maximum absolute atomic E-state index is 11.8. The topological polar surface area (TPSA) is 95.1 Å². The van der Waals surface area contributed by atoms with Gasteiger partial charge < -0.3 is 20.4 Å². The Morgan fingerprint density at radius 1 is 1.20 bits per heavy atom. The highest BCUT2D eigenvalue weighted by Crippen LogP contribution is 2.32. The third kappa shape index (κ3) is 3.55. The van der Waals surface area contributed by atoms with E-state index in [2.05, 4.69) is 15.3 Å². The van der Waals surface area contributed by atoms with Crippen LogP contribution in [0.1, 0.15) is 20.8 Å². The summed E-state index contributed by atoms with van der Waals surface area (Å²) in [5.74, 6) is 0.903. The summed E-state index contributed by atoms with van der Waals surface area (Å²) in [6, 6.07) is 7.24. The summed E-state index contributed by atoms with van der Waals surface area (Å²) in [6.45, 7) is 5.68. The lowest BCUT2D eigenvalue weighted by atomic mass is 10.1. The number of aromatic nitrogens is 3. The number of hydrogen-bond acceptors (Lipinski definition) is 5. The van der Waals surface area contributed by atoms with Gasteiger partial charge in [-0.2, -0.15) is 0 Å². The number of ether oxygens (including phenoxy) is 1. The van der Waals surface area contributed by atoms with Gasteiger partial charge in [0, 0.05) is 24.3 Å². The van der Waals surface area contributed by atoms with Crippen molar-refractivity contribution in [2.24, 2.45) is 7.05 Å². The molecule has 1 amide bonds. The number of anilines is 1. The van der Waals surface area contributed by atoms with E-state index in [1.807, 2.05) is 50.7 Å². The SMILES string of the molecule is Cn1cc(-c2ccc(OC(=O)NC(C)(C)C)cc2)c2c(N)ncnc21. The van der Waals surface area contributed by atoms with Crippen LogP contribution in [0.2, 0.25) is 0 Å². The van der Waals surface area contributed by atoms with Gasteiger partial charge in [0.1, 0.15) is 23.5 Å². The lowest BCUT2D eigenvalue weighted by Crippen LogP contribution is -2.42. The Morgan fingerprint density at radius 3 is 2.52 bits per heavy atom. The molecule has 0 fully saturated rings. The molecule has 130 valence electrons. The van der Waals surface area contributed by atoms with E-state index in [-0.39, 0.29) is 5.54 Å². The van der Waals surface area contributed by atoms with Gasteiger partial charge in [0.15, 0.2) is 0 Å². The predicted octanol–water partition coefficient (Wildman–Crippen LogP) is 3.10. The number of fused-ring (bicyclic) bond motifs is 1. The number of nitrogens with zero attached hydrogens (tertiary/aromatic N) is 3. The Bertz CT molecular complexity index is 923. The highest BCUT2D eigenvalue weighted by atomic mass is 16.6. The molecule has 3 aromatic rings. The molecule has 0 aliphatic rings. The van der Waals surface area contributed by atoms with E-state index >= 15 is 0 Å². The molecule has 0 aliphatic carbocycles. The van der Waals surface area contributed by atoms with Crippen LogP contribution in [0.3, 0.4) is 0 Å². The molecule has 3 rings (SSSR count). The second kappa shape index (κ2) is 6.08. The van der Waals surface area contributed by atoms with Crippen LogP contribution >= 0.6 is 0 Å². The van der Waals surface area contributed by atoms with E-state index in [4.69, 9.17) is 10.5 Å². The fourth-order valence-electron chi connectivity index (χ4n) is 2.59. The molecule has 0 atom stereocenters. The molecular formula is C18H21N5O2. The van der Waals surface area contributed by atoms with Gasteiger partial charge in [-0.05, 0) is 38.5 Å². The zero-order valence-electron chi connectivity index (χ0n) is 14.7. The third-order valence-electron chi connectivity index (χ3n) is 3.64. The van der Waals surface area contributed by atoms with Crippen LogP contribution in [0.25, 0.3) is 22.2 Å². The van der Waals surface area contributed by atoms with Gasteiger partial charge in [0.25, 0.3) is 0 Å². The molecule has 2 aromatic heterocycles. The van der Waals surface area contributed by atoms with Crippen LogP contribution in [0, 0.1) is 0 Å². The first-order chi connectivity index (χ1) is 11.7. The van der Waals surface area contributed by atoms with Gasteiger partial charge in [-0.15, -0.1) is 0 Å². The fraction of sp³-hybridized carbons (Fsp3) is 0.278. The number of carbonyl (C=O) groups excluding carboxylic acids is 1. The molecule has 1 aromatic carbocycles. The maximum Gasteiger partial charge on any atom is 0.413 e. The van der Waals surface area contributed by atoms with E-state index in [1.165, 1.54) is 6.33 Å². The first-order valence-electron chi connectivity index (χ1n) is 7.90. The summed E-state index contributed by atoms with van der Waals surface area (Å²) < 4.78 is 7.20. The second-order valence-electron chi connectivity index (χ2n) is 6.90. The summed E-state index contributed by atoms with van der Waals surface area (Å²) in [5.41, 5.74) is 8.31. The standard InChI is InChI=1S/C18H21N5O2/c1-18(2,3)22-17(24)25-12-7-5-11(6-8-12)13-9-23(4)16-14(13)15(19)20-10-21-16/h5-10H,1-4H3,(H,22,24)(H2,19,20,21). The van der Waals surface area contributed by atoms with Gasteiger partial charge in [-0.3, -0.25) is 0 Å².